The minimum absolute atomic E-state index is 0.0137. The lowest BCUT2D eigenvalue weighted by Gasteiger charge is -2.43. The molecule has 0 aliphatic carbocycles. The van der Waals surface area contributed by atoms with Gasteiger partial charge in [0, 0.05) is 28.6 Å². The maximum atomic E-state index is 14.3. The highest BCUT2D eigenvalue weighted by atomic mass is 35.5. The van der Waals surface area contributed by atoms with E-state index in [-0.39, 0.29) is 17.8 Å². The Morgan fingerprint density at radius 1 is 1.38 bits per heavy atom. The number of rotatable bonds is 1. The summed E-state index contributed by atoms with van der Waals surface area (Å²) in [6, 6.07) is 3.63. The van der Waals surface area contributed by atoms with Crippen molar-refractivity contribution in [3.63, 3.8) is 0 Å². The van der Waals surface area contributed by atoms with E-state index < -0.39 is 11.6 Å². The third kappa shape index (κ3) is 3.38. The molecule has 2 N–H and O–H groups in total. The SMILES string of the molecule is CC(C)(C)N1C(=O)CCCC(N)C1c1cc(Cl)ccc1F. The van der Waals surface area contributed by atoms with Crippen LogP contribution in [0.25, 0.3) is 0 Å². The van der Waals surface area contributed by atoms with E-state index in [0.29, 0.717) is 23.4 Å². The van der Waals surface area contributed by atoms with Crippen molar-refractivity contribution in [3.8, 4) is 0 Å². The Kier molecular flexibility index (Phi) is 4.59. The Hall–Kier alpha value is -1.13. The first kappa shape index (κ1) is 16.2. The summed E-state index contributed by atoms with van der Waals surface area (Å²) in [5.74, 6) is -0.358. The standard InChI is InChI=1S/C16H22ClFN2O/c1-16(2,3)20-14(21)6-4-5-13(19)15(20)11-9-10(17)7-8-12(11)18/h7-9,13,15H,4-6,19H2,1-3H3. The van der Waals surface area contributed by atoms with Crippen molar-refractivity contribution in [2.24, 2.45) is 5.73 Å². The molecule has 0 aromatic heterocycles. The number of nitrogens with zero attached hydrogens (tertiary/aromatic N) is 1. The number of benzene rings is 1. The van der Waals surface area contributed by atoms with Gasteiger partial charge in [0.05, 0.1) is 6.04 Å². The van der Waals surface area contributed by atoms with Gasteiger partial charge in [0.25, 0.3) is 0 Å². The Labute approximate surface area is 130 Å². The number of hydrogen-bond donors (Lipinski definition) is 1. The van der Waals surface area contributed by atoms with Gasteiger partial charge >= 0.3 is 0 Å². The van der Waals surface area contributed by atoms with E-state index in [1.54, 1.807) is 11.0 Å². The molecule has 21 heavy (non-hydrogen) atoms. The third-order valence-corrected chi connectivity index (χ3v) is 4.12. The fourth-order valence-electron chi connectivity index (χ4n) is 3.02. The summed E-state index contributed by atoms with van der Waals surface area (Å²) in [6.45, 7) is 5.83. The molecule has 1 aliphatic heterocycles. The molecular weight excluding hydrogens is 291 g/mol. The lowest BCUT2D eigenvalue weighted by molar-refractivity contribution is -0.139. The highest BCUT2D eigenvalue weighted by molar-refractivity contribution is 6.30. The molecule has 1 aliphatic rings. The molecule has 0 saturated carbocycles. The fourth-order valence-corrected chi connectivity index (χ4v) is 3.20. The lowest BCUT2D eigenvalue weighted by atomic mass is 9.92. The van der Waals surface area contributed by atoms with Crippen LogP contribution in [0, 0.1) is 5.82 Å². The van der Waals surface area contributed by atoms with Crippen LogP contribution >= 0.6 is 11.6 Å². The number of halogens is 2. The second-order valence-corrected chi connectivity index (χ2v) is 7.04. The van der Waals surface area contributed by atoms with Gasteiger partial charge in [0.15, 0.2) is 0 Å². The molecule has 3 nitrogen and oxygen atoms in total. The summed E-state index contributed by atoms with van der Waals surface area (Å²) in [6.07, 6.45) is 1.86. The first-order chi connectivity index (χ1) is 9.71. The van der Waals surface area contributed by atoms with Crippen molar-refractivity contribution in [3.05, 3.63) is 34.6 Å². The van der Waals surface area contributed by atoms with E-state index in [2.05, 4.69) is 0 Å². The molecule has 1 fully saturated rings. The summed E-state index contributed by atoms with van der Waals surface area (Å²) < 4.78 is 14.3. The molecule has 0 radical (unpaired) electrons. The predicted molar refractivity (Wildman–Crippen MR) is 82.6 cm³/mol. The summed E-state index contributed by atoms with van der Waals surface area (Å²) in [5, 5.41) is 0.448. The van der Waals surface area contributed by atoms with Crippen molar-refractivity contribution in [1.82, 2.24) is 4.90 Å². The quantitative estimate of drug-likeness (QED) is 0.860. The Balaban J connectivity index is 2.57. The van der Waals surface area contributed by atoms with Crippen molar-refractivity contribution in [2.75, 3.05) is 0 Å². The molecule has 1 amide bonds. The van der Waals surface area contributed by atoms with Gasteiger partial charge in [-0.1, -0.05) is 11.6 Å². The highest BCUT2D eigenvalue weighted by Gasteiger charge is 2.40. The van der Waals surface area contributed by atoms with Gasteiger partial charge in [-0.15, -0.1) is 0 Å². The largest absolute Gasteiger partial charge is 0.329 e. The molecule has 116 valence electrons. The number of carbonyl (C=O) groups is 1. The van der Waals surface area contributed by atoms with Crippen LogP contribution in [0.1, 0.15) is 51.6 Å². The number of carbonyl (C=O) groups excluding carboxylic acids is 1. The van der Waals surface area contributed by atoms with Gasteiger partial charge in [-0.25, -0.2) is 4.39 Å². The van der Waals surface area contributed by atoms with Gasteiger partial charge in [0.1, 0.15) is 5.82 Å². The zero-order chi connectivity index (χ0) is 15.8. The normalized spacial score (nSPS) is 24.1. The number of likely N-dealkylation sites (tertiary alicyclic amines) is 1. The first-order valence-corrected chi connectivity index (χ1v) is 7.62. The second kappa shape index (κ2) is 5.93. The molecule has 0 spiro atoms. The topological polar surface area (TPSA) is 46.3 Å². The molecule has 1 saturated heterocycles. The van der Waals surface area contributed by atoms with E-state index in [9.17, 15) is 9.18 Å². The zero-order valence-corrected chi connectivity index (χ0v) is 13.5. The Morgan fingerprint density at radius 2 is 2.05 bits per heavy atom. The van der Waals surface area contributed by atoms with E-state index in [1.807, 2.05) is 20.8 Å². The van der Waals surface area contributed by atoms with Crippen LogP contribution < -0.4 is 5.73 Å². The monoisotopic (exact) mass is 312 g/mol. The maximum Gasteiger partial charge on any atom is 0.223 e. The lowest BCUT2D eigenvalue weighted by Crippen LogP contribution is -2.51. The minimum atomic E-state index is -0.487. The van der Waals surface area contributed by atoms with Crippen LogP contribution in [0.3, 0.4) is 0 Å². The maximum absolute atomic E-state index is 14.3. The van der Waals surface area contributed by atoms with Crippen molar-refractivity contribution < 1.29 is 9.18 Å². The molecule has 1 heterocycles. The molecule has 2 unspecified atom stereocenters. The average Bonchev–Trinajstić information content (AvgIpc) is 2.51. The van der Waals surface area contributed by atoms with Gasteiger partial charge in [-0.3, -0.25) is 4.79 Å². The molecule has 2 atom stereocenters. The minimum Gasteiger partial charge on any atom is -0.329 e. The first-order valence-electron chi connectivity index (χ1n) is 7.24. The third-order valence-electron chi connectivity index (χ3n) is 3.88. The summed E-state index contributed by atoms with van der Waals surface area (Å²) in [4.78, 5) is 14.2. The van der Waals surface area contributed by atoms with E-state index in [1.165, 1.54) is 12.1 Å². The van der Waals surface area contributed by atoms with Crippen molar-refractivity contribution in [1.29, 1.82) is 0 Å². The summed E-state index contributed by atoms with van der Waals surface area (Å²) in [7, 11) is 0. The average molecular weight is 313 g/mol. The van der Waals surface area contributed by atoms with Gasteiger partial charge < -0.3 is 10.6 Å². The van der Waals surface area contributed by atoms with E-state index >= 15 is 0 Å². The van der Waals surface area contributed by atoms with Crippen LogP contribution in [0.2, 0.25) is 5.02 Å². The van der Waals surface area contributed by atoms with E-state index in [4.69, 9.17) is 17.3 Å². The molecule has 5 heteroatoms. The van der Waals surface area contributed by atoms with Crippen LogP contribution in [0.15, 0.2) is 18.2 Å². The number of amides is 1. The fraction of sp³-hybridized carbons (Fsp3) is 0.562. The number of hydrogen-bond acceptors (Lipinski definition) is 2. The van der Waals surface area contributed by atoms with Crippen LogP contribution in [-0.2, 0) is 4.79 Å². The van der Waals surface area contributed by atoms with Gasteiger partial charge in [-0.05, 0) is 51.8 Å². The second-order valence-electron chi connectivity index (χ2n) is 6.60. The molecule has 2 rings (SSSR count). The van der Waals surface area contributed by atoms with Crippen molar-refractivity contribution >= 4 is 17.5 Å². The van der Waals surface area contributed by atoms with Crippen LogP contribution in [0.5, 0.6) is 0 Å². The number of nitrogens with two attached hydrogens (primary N) is 1. The predicted octanol–water partition coefficient (Wildman–Crippen LogP) is 3.66. The van der Waals surface area contributed by atoms with Crippen LogP contribution in [-0.4, -0.2) is 22.4 Å². The van der Waals surface area contributed by atoms with E-state index in [0.717, 1.165) is 6.42 Å². The summed E-state index contributed by atoms with van der Waals surface area (Å²) >= 11 is 6.01. The zero-order valence-electron chi connectivity index (χ0n) is 12.7. The van der Waals surface area contributed by atoms with Gasteiger partial charge in [-0.2, -0.15) is 0 Å². The smallest absolute Gasteiger partial charge is 0.223 e. The Morgan fingerprint density at radius 3 is 2.67 bits per heavy atom. The molecular formula is C16H22ClFN2O. The Bertz CT molecular complexity index is 542. The van der Waals surface area contributed by atoms with Crippen LogP contribution in [0.4, 0.5) is 4.39 Å². The van der Waals surface area contributed by atoms with Crippen molar-refractivity contribution in [2.45, 2.75) is 57.7 Å². The van der Waals surface area contributed by atoms with Gasteiger partial charge in [0.2, 0.25) is 5.91 Å². The molecule has 0 bridgehead atoms. The molecule has 1 aromatic rings. The highest BCUT2D eigenvalue weighted by Crippen LogP contribution is 2.37. The molecule has 1 aromatic carbocycles. The summed E-state index contributed by atoms with van der Waals surface area (Å²) in [5.41, 5.74) is 6.25.